The third-order valence-corrected chi connectivity index (χ3v) is 3.74. The van der Waals surface area contributed by atoms with Crippen LogP contribution in [0.25, 0.3) is 28.1 Å². The van der Waals surface area contributed by atoms with Gasteiger partial charge in [0, 0.05) is 10.9 Å². The zero-order chi connectivity index (χ0) is 14.6. The van der Waals surface area contributed by atoms with Gasteiger partial charge in [0.25, 0.3) is 0 Å². The van der Waals surface area contributed by atoms with Gasteiger partial charge in [-0.1, -0.05) is 12.1 Å². The van der Waals surface area contributed by atoms with Crippen molar-refractivity contribution in [1.82, 2.24) is 4.98 Å². The summed E-state index contributed by atoms with van der Waals surface area (Å²) in [5.41, 5.74) is 1.99. The zero-order valence-electron chi connectivity index (χ0n) is 12.1. The van der Waals surface area contributed by atoms with Gasteiger partial charge < -0.3 is 13.9 Å². The van der Waals surface area contributed by atoms with Crippen LogP contribution >= 0.6 is 0 Å². The maximum absolute atomic E-state index is 6.11. The maximum Gasteiger partial charge on any atom is 0.230 e. The quantitative estimate of drug-likeness (QED) is 0.671. The lowest BCUT2D eigenvalue weighted by atomic mass is 10.00. The summed E-state index contributed by atoms with van der Waals surface area (Å²) in [4.78, 5) is 4.62. The molecule has 4 rings (SSSR count). The van der Waals surface area contributed by atoms with E-state index in [9.17, 15) is 0 Å². The fourth-order valence-electron chi connectivity index (χ4n) is 2.73. The highest BCUT2D eigenvalue weighted by molar-refractivity contribution is 6.02. The molecule has 0 spiro atoms. The molecule has 1 aromatic carbocycles. The van der Waals surface area contributed by atoms with E-state index in [1.165, 1.54) is 0 Å². The lowest BCUT2D eigenvalue weighted by Crippen LogP contribution is -2.27. The summed E-state index contributed by atoms with van der Waals surface area (Å²) in [6.07, 6.45) is 5.73. The van der Waals surface area contributed by atoms with E-state index in [0.717, 1.165) is 33.4 Å². The number of fused-ring (bicyclic) bond motifs is 4. The molecule has 0 aliphatic carbocycles. The molecule has 4 heteroatoms. The molecule has 1 aliphatic rings. The first kappa shape index (κ1) is 12.3. The van der Waals surface area contributed by atoms with E-state index in [0.29, 0.717) is 5.71 Å². The Bertz CT molecular complexity index is 890. The number of ether oxygens (including phenoxy) is 2. The Balaban J connectivity index is 2.13. The van der Waals surface area contributed by atoms with Crippen LogP contribution in [0.1, 0.15) is 19.4 Å². The Morgan fingerprint density at radius 2 is 2.00 bits per heavy atom. The fourth-order valence-corrected chi connectivity index (χ4v) is 2.73. The summed E-state index contributed by atoms with van der Waals surface area (Å²) < 4.78 is 17.1. The molecule has 0 radical (unpaired) electrons. The van der Waals surface area contributed by atoms with Crippen LogP contribution in [0.4, 0.5) is 0 Å². The van der Waals surface area contributed by atoms with E-state index in [1.54, 1.807) is 13.4 Å². The van der Waals surface area contributed by atoms with Gasteiger partial charge in [0.05, 0.1) is 18.8 Å². The zero-order valence-corrected chi connectivity index (χ0v) is 12.1. The maximum atomic E-state index is 6.11. The van der Waals surface area contributed by atoms with E-state index in [4.69, 9.17) is 13.9 Å². The van der Waals surface area contributed by atoms with Crippen molar-refractivity contribution in [3.8, 4) is 11.5 Å². The third kappa shape index (κ3) is 1.72. The molecule has 1 aliphatic heterocycles. The highest BCUT2D eigenvalue weighted by Gasteiger charge is 2.25. The molecular weight excluding hydrogens is 266 g/mol. The first-order valence-corrected chi connectivity index (χ1v) is 6.85. The van der Waals surface area contributed by atoms with Gasteiger partial charge in [-0.3, -0.25) is 0 Å². The molecule has 0 saturated carbocycles. The van der Waals surface area contributed by atoms with Gasteiger partial charge in [0.2, 0.25) is 5.71 Å². The number of furan rings is 1. The standard InChI is InChI=1S/C17H15NO3/c1-17(2)8-6-10-4-5-11-13(14(10)21-17)18-16-12(7-9-20-16)15(11)19-3/h4-9H,1-3H3. The minimum Gasteiger partial charge on any atom is -0.495 e. The Kier molecular flexibility index (Phi) is 2.34. The van der Waals surface area contributed by atoms with Crippen LogP contribution in [0.3, 0.4) is 0 Å². The molecule has 106 valence electrons. The van der Waals surface area contributed by atoms with E-state index >= 15 is 0 Å². The van der Waals surface area contributed by atoms with Gasteiger partial charge in [-0.05, 0) is 32.1 Å². The Morgan fingerprint density at radius 3 is 2.81 bits per heavy atom. The van der Waals surface area contributed by atoms with Gasteiger partial charge in [0.1, 0.15) is 16.9 Å². The predicted octanol–water partition coefficient (Wildman–Crippen LogP) is 4.17. The van der Waals surface area contributed by atoms with Crippen LogP contribution in [0, 0.1) is 0 Å². The third-order valence-electron chi connectivity index (χ3n) is 3.74. The van der Waals surface area contributed by atoms with Crippen molar-refractivity contribution in [2.24, 2.45) is 0 Å². The number of hydrogen-bond donors (Lipinski definition) is 0. The second kappa shape index (κ2) is 4.01. The molecule has 0 saturated heterocycles. The summed E-state index contributed by atoms with van der Waals surface area (Å²) in [5, 5.41) is 1.80. The smallest absolute Gasteiger partial charge is 0.230 e. The summed E-state index contributed by atoms with van der Waals surface area (Å²) >= 11 is 0. The lowest BCUT2D eigenvalue weighted by molar-refractivity contribution is 0.161. The summed E-state index contributed by atoms with van der Waals surface area (Å²) in [6.45, 7) is 4.04. The number of rotatable bonds is 1. The molecular formula is C17H15NO3. The lowest BCUT2D eigenvalue weighted by Gasteiger charge is -2.28. The van der Waals surface area contributed by atoms with Crippen molar-refractivity contribution in [3.63, 3.8) is 0 Å². The molecule has 0 unspecified atom stereocenters. The van der Waals surface area contributed by atoms with Gasteiger partial charge in [-0.15, -0.1) is 0 Å². The molecule has 3 aromatic rings. The second-order valence-electron chi connectivity index (χ2n) is 5.70. The van der Waals surface area contributed by atoms with Crippen LogP contribution in [-0.2, 0) is 0 Å². The predicted molar refractivity (Wildman–Crippen MR) is 81.8 cm³/mol. The van der Waals surface area contributed by atoms with Gasteiger partial charge in [0.15, 0.2) is 5.75 Å². The van der Waals surface area contributed by atoms with E-state index < -0.39 is 0 Å². The Hall–Kier alpha value is -2.49. The van der Waals surface area contributed by atoms with Gasteiger partial charge in [-0.2, -0.15) is 0 Å². The Morgan fingerprint density at radius 1 is 1.14 bits per heavy atom. The average molecular weight is 281 g/mol. The largest absolute Gasteiger partial charge is 0.495 e. The molecule has 0 fully saturated rings. The number of aromatic nitrogens is 1. The van der Waals surface area contributed by atoms with Crippen LogP contribution in [-0.4, -0.2) is 17.7 Å². The topological polar surface area (TPSA) is 44.5 Å². The first-order valence-electron chi connectivity index (χ1n) is 6.85. The monoisotopic (exact) mass is 281 g/mol. The van der Waals surface area contributed by atoms with Crippen LogP contribution in [0.2, 0.25) is 0 Å². The molecule has 3 heterocycles. The molecule has 21 heavy (non-hydrogen) atoms. The number of benzene rings is 1. The highest BCUT2D eigenvalue weighted by Crippen LogP contribution is 2.41. The molecule has 0 atom stereocenters. The van der Waals surface area contributed by atoms with Crippen molar-refractivity contribution < 1.29 is 13.9 Å². The molecule has 0 amide bonds. The minimum atomic E-state index is -0.353. The number of hydrogen-bond acceptors (Lipinski definition) is 4. The second-order valence-corrected chi connectivity index (χ2v) is 5.70. The number of methoxy groups -OCH3 is 1. The summed E-state index contributed by atoms with van der Waals surface area (Å²) in [6, 6.07) is 5.91. The molecule has 0 bridgehead atoms. The van der Waals surface area contributed by atoms with Crippen LogP contribution < -0.4 is 9.47 Å². The van der Waals surface area contributed by atoms with E-state index in [-0.39, 0.29) is 5.60 Å². The number of nitrogens with zero attached hydrogens (tertiary/aromatic N) is 1. The van der Waals surface area contributed by atoms with Crippen LogP contribution in [0.5, 0.6) is 11.5 Å². The van der Waals surface area contributed by atoms with Crippen LogP contribution in [0.15, 0.2) is 35.0 Å². The summed E-state index contributed by atoms with van der Waals surface area (Å²) in [5.74, 6) is 1.54. The SMILES string of the molecule is COc1c2ccoc2nc2c3c(ccc12)C=CC(C)(C)O3. The van der Waals surface area contributed by atoms with Crippen molar-refractivity contribution in [3.05, 3.63) is 36.1 Å². The van der Waals surface area contributed by atoms with Gasteiger partial charge in [-0.25, -0.2) is 4.98 Å². The normalized spacial score (nSPS) is 16.0. The highest BCUT2D eigenvalue weighted by atomic mass is 16.5. The molecule has 2 aromatic heterocycles. The molecule has 4 nitrogen and oxygen atoms in total. The van der Waals surface area contributed by atoms with Crippen molar-refractivity contribution in [1.29, 1.82) is 0 Å². The van der Waals surface area contributed by atoms with E-state index in [1.807, 2.05) is 38.1 Å². The van der Waals surface area contributed by atoms with Crippen molar-refractivity contribution in [2.75, 3.05) is 7.11 Å². The van der Waals surface area contributed by atoms with Gasteiger partial charge >= 0.3 is 0 Å². The Labute approximate surface area is 122 Å². The summed E-state index contributed by atoms with van der Waals surface area (Å²) in [7, 11) is 1.66. The number of pyridine rings is 1. The molecule has 0 N–H and O–H groups in total. The van der Waals surface area contributed by atoms with Crippen molar-refractivity contribution in [2.45, 2.75) is 19.4 Å². The minimum absolute atomic E-state index is 0.353. The first-order chi connectivity index (χ1) is 10.1. The average Bonchev–Trinajstić information content (AvgIpc) is 2.92. The van der Waals surface area contributed by atoms with Crippen molar-refractivity contribution >= 4 is 28.1 Å². The fraction of sp³-hybridized carbons (Fsp3) is 0.235. The van der Waals surface area contributed by atoms with E-state index in [2.05, 4.69) is 11.1 Å².